The quantitative estimate of drug-likeness (QED) is 0.0921. The molecule has 2 amide bonds. The van der Waals surface area contributed by atoms with Gasteiger partial charge in [0, 0.05) is 68.9 Å². The molecule has 9 heteroatoms. The number of amides is 2. The number of rotatable bonds is 14. The van der Waals surface area contributed by atoms with E-state index in [9.17, 15) is 22.8 Å². The topological polar surface area (TPSA) is 59.7 Å². The minimum absolute atomic E-state index is 0.123. The van der Waals surface area contributed by atoms with Crippen molar-refractivity contribution in [3.63, 3.8) is 0 Å². The lowest BCUT2D eigenvalue weighted by Crippen LogP contribution is -2.56. The highest BCUT2D eigenvalue weighted by molar-refractivity contribution is 5.96. The summed E-state index contributed by atoms with van der Waals surface area (Å²) in [6.45, 7) is 5.66. The van der Waals surface area contributed by atoms with Crippen molar-refractivity contribution < 1.29 is 22.8 Å². The number of piperazine rings is 1. The third-order valence-electron chi connectivity index (χ3n) is 10.1. The number of H-pyrrole nitrogens is 1. The van der Waals surface area contributed by atoms with Crippen LogP contribution in [-0.4, -0.2) is 63.7 Å². The second-order valence-corrected chi connectivity index (χ2v) is 13.9. The van der Waals surface area contributed by atoms with Gasteiger partial charge in [0.25, 0.3) is 0 Å². The summed E-state index contributed by atoms with van der Waals surface area (Å²) in [5.41, 5.74) is 4.91. The van der Waals surface area contributed by atoms with Crippen molar-refractivity contribution in [3.05, 3.63) is 149 Å². The fourth-order valence-corrected chi connectivity index (χ4v) is 6.99. The molecule has 0 unspecified atom stereocenters. The first kappa shape index (κ1) is 37.6. The van der Waals surface area contributed by atoms with Crippen LogP contribution in [-0.2, 0) is 41.7 Å². The lowest BCUT2D eigenvalue weighted by Gasteiger charge is -2.39. The van der Waals surface area contributed by atoms with Crippen molar-refractivity contribution in [2.45, 2.75) is 64.3 Å². The molecule has 276 valence electrons. The first-order valence-corrected chi connectivity index (χ1v) is 18.5. The number of carbonyl (C=O) groups is 2. The van der Waals surface area contributed by atoms with Crippen molar-refractivity contribution in [2.75, 3.05) is 26.2 Å². The summed E-state index contributed by atoms with van der Waals surface area (Å²) in [5, 5.41) is 0.988. The van der Waals surface area contributed by atoms with E-state index in [1.807, 2.05) is 65.7 Å². The summed E-state index contributed by atoms with van der Waals surface area (Å²) in [5.74, 6) is -0.514. The van der Waals surface area contributed by atoms with E-state index in [4.69, 9.17) is 0 Å². The minimum Gasteiger partial charge on any atom is -0.361 e. The number of aromatic nitrogens is 1. The molecule has 6 rings (SSSR count). The van der Waals surface area contributed by atoms with Crippen LogP contribution in [0.25, 0.3) is 17.0 Å². The molecule has 2 heterocycles. The van der Waals surface area contributed by atoms with E-state index in [1.54, 1.807) is 4.90 Å². The molecular weight excluding hydrogens is 674 g/mol. The molecule has 0 bridgehead atoms. The van der Waals surface area contributed by atoms with Gasteiger partial charge in [-0.1, -0.05) is 105 Å². The number of nitrogens with one attached hydrogen (secondary N) is 1. The second kappa shape index (κ2) is 17.6. The van der Waals surface area contributed by atoms with Crippen LogP contribution in [0.15, 0.2) is 115 Å². The normalized spacial score (nSPS) is 14.5. The largest absolute Gasteiger partial charge is 0.416 e. The molecule has 0 aliphatic carbocycles. The molecule has 53 heavy (non-hydrogen) atoms. The Labute approximate surface area is 309 Å². The average molecular weight is 721 g/mol. The molecule has 1 fully saturated rings. The van der Waals surface area contributed by atoms with Gasteiger partial charge in [-0.3, -0.25) is 14.5 Å². The monoisotopic (exact) mass is 720 g/mol. The molecule has 0 saturated carbocycles. The number of aromatic amines is 1. The van der Waals surface area contributed by atoms with Gasteiger partial charge in [0.15, 0.2) is 0 Å². The van der Waals surface area contributed by atoms with Gasteiger partial charge in [-0.25, -0.2) is 0 Å². The predicted molar refractivity (Wildman–Crippen MR) is 205 cm³/mol. The number of fused-ring (bicyclic) bond motifs is 1. The van der Waals surface area contributed by atoms with Crippen LogP contribution in [0.3, 0.4) is 0 Å². The maximum absolute atomic E-state index is 14.7. The number of hydrogen-bond acceptors (Lipinski definition) is 3. The van der Waals surface area contributed by atoms with E-state index >= 15 is 0 Å². The number of hydrogen-bond donors (Lipinski definition) is 1. The molecule has 1 N–H and O–H groups in total. The standard InChI is InChI=1S/C44H47F3N4O2/c1-2-3-5-10-33-15-17-36(18-16-33)32-51(42(52)24-21-34-19-22-38(23-20-34)44(45,46)47)41(29-37-30-48-40-14-9-8-13-39(37)40)43(53)50-27-25-49(26-28-50)31-35-11-6-4-7-12-35/h4,6-9,11-24,30,41,48H,2-3,5,10,25-29,31-32H2,1H3/t41-/m0/s1. The van der Waals surface area contributed by atoms with Gasteiger partial charge in [0.2, 0.25) is 11.8 Å². The number of unbranched alkanes of at least 4 members (excludes halogenated alkanes) is 2. The van der Waals surface area contributed by atoms with Crippen LogP contribution in [0.2, 0.25) is 0 Å². The highest BCUT2D eigenvalue weighted by Crippen LogP contribution is 2.29. The molecule has 6 nitrogen and oxygen atoms in total. The summed E-state index contributed by atoms with van der Waals surface area (Å²) < 4.78 is 39.7. The Morgan fingerprint density at radius 3 is 2.19 bits per heavy atom. The SMILES string of the molecule is CCCCCc1ccc(CN(C(=O)C=Cc2ccc(C(F)(F)F)cc2)[C@@H](Cc2c[nH]c3ccccc23)C(=O)N2CCN(Cc3ccccc3)CC2)cc1. The maximum atomic E-state index is 14.7. The predicted octanol–water partition coefficient (Wildman–Crippen LogP) is 8.92. The lowest BCUT2D eigenvalue weighted by atomic mass is 10.00. The molecule has 0 radical (unpaired) electrons. The van der Waals surface area contributed by atoms with Crippen molar-refractivity contribution in [3.8, 4) is 0 Å². The zero-order valence-corrected chi connectivity index (χ0v) is 30.2. The summed E-state index contributed by atoms with van der Waals surface area (Å²) in [7, 11) is 0. The van der Waals surface area contributed by atoms with Gasteiger partial charge in [0.05, 0.1) is 5.56 Å². The van der Waals surface area contributed by atoms with Crippen LogP contribution in [0.4, 0.5) is 13.2 Å². The van der Waals surface area contributed by atoms with Crippen LogP contribution in [0.5, 0.6) is 0 Å². The fourth-order valence-electron chi connectivity index (χ4n) is 6.99. The van der Waals surface area contributed by atoms with Gasteiger partial charge in [-0.05, 0) is 64.9 Å². The molecule has 0 spiro atoms. The molecule has 1 atom stereocenters. The molecule has 1 aliphatic rings. The molecule has 5 aromatic rings. The van der Waals surface area contributed by atoms with E-state index in [-0.39, 0.29) is 12.5 Å². The Kier molecular flexibility index (Phi) is 12.5. The Morgan fingerprint density at radius 2 is 1.49 bits per heavy atom. The zero-order chi connectivity index (χ0) is 37.2. The van der Waals surface area contributed by atoms with E-state index in [2.05, 4.69) is 41.1 Å². The van der Waals surface area contributed by atoms with Gasteiger partial charge in [-0.15, -0.1) is 0 Å². The number of halogens is 3. The summed E-state index contributed by atoms with van der Waals surface area (Å²) in [6, 6.07) is 30.3. The molecule has 4 aromatic carbocycles. The van der Waals surface area contributed by atoms with Crippen LogP contribution < -0.4 is 0 Å². The number of nitrogens with zero attached hydrogens (tertiary/aromatic N) is 3. The van der Waals surface area contributed by atoms with Crippen molar-refractivity contribution >= 4 is 28.8 Å². The number of benzene rings is 4. The van der Waals surface area contributed by atoms with Crippen molar-refractivity contribution in [1.29, 1.82) is 0 Å². The van der Waals surface area contributed by atoms with Crippen LogP contribution in [0.1, 0.15) is 59.6 Å². The second-order valence-electron chi connectivity index (χ2n) is 13.9. The van der Waals surface area contributed by atoms with Gasteiger partial charge < -0.3 is 14.8 Å². The van der Waals surface area contributed by atoms with Gasteiger partial charge in [-0.2, -0.15) is 13.2 Å². The molecular formula is C44H47F3N4O2. The summed E-state index contributed by atoms with van der Waals surface area (Å²) >= 11 is 0. The molecule has 1 saturated heterocycles. The number of alkyl halides is 3. The first-order valence-electron chi connectivity index (χ1n) is 18.5. The first-order chi connectivity index (χ1) is 25.7. The Balaban J connectivity index is 1.30. The smallest absolute Gasteiger partial charge is 0.361 e. The van der Waals surface area contributed by atoms with E-state index in [0.717, 1.165) is 66.4 Å². The van der Waals surface area contributed by atoms with E-state index < -0.39 is 23.7 Å². The van der Waals surface area contributed by atoms with Crippen molar-refractivity contribution in [2.24, 2.45) is 0 Å². The summed E-state index contributed by atoms with van der Waals surface area (Å²) in [6.07, 6.45) is 5.02. The average Bonchev–Trinajstić information content (AvgIpc) is 3.59. The fraction of sp³-hybridized carbons (Fsp3) is 0.318. The van der Waals surface area contributed by atoms with Crippen LogP contribution in [0, 0.1) is 0 Å². The Bertz CT molecular complexity index is 1960. The lowest BCUT2D eigenvalue weighted by molar-refractivity contribution is -0.145. The number of para-hydroxylation sites is 1. The highest BCUT2D eigenvalue weighted by Gasteiger charge is 2.35. The Morgan fingerprint density at radius 1 is 0.811 bits per heavy atom. The van der Waals surface area contributed by atoms with E-state index in [0.29, 0.717) is 38.2 Å². The third-order valence-corrected chi connectivity index (χ3v) is 10.1. The zero-order valence-electron chi connectivity index (χ0n) is 30.2. The van der Waals surface area contributed by atoms with Gasteiger partial charge >= 0.3 is 6.18 Å². The van der Waals surface area contributed by atoms with Gasteiger partial charge in [0.1, 0.15) is 6.04 Å². The van der Waals surface area contributed by atoms with E-state index in [1.165, 1.54) is 35.4 Å². The molecule has 1 aromatic heterocycles. The maximum Gasteiger partial charge on any atom is 0.416 e. The third kappa shape index (κ3) is 10.0. The van der Waals surface area contributed by atoms with Crippen molar-refractivity contribution in [1.82, 2.24) is 19.7 Å². The Hall–Kier alpha value is -5.15. The highest BCUT2D eigenvalue weighted by atomic mass is 19.4. The minimum atomic E-state index is -4.45. The summed E-state index contributed by atoms with van der Waals surface area (Å²) in [4.78, 5) is 38.2. The number of aryl methyl sites for hydroxylation is 1. The number of carbonyl (C=O) groups excluding carboxylic acids is 2. The van der Waals surface area contributed by atoms with Crippen LogP contribution >= 0.6 is 0 Å². The molecule has 1 aliphatic heterocycles.